The average molecular weight is 365 g/mol. The first kappa shape index (κ1) is 17.9. The predicted molar refractivity (Wildman–Crippen MR) is 107 cm³/mol. The molecular weight excluding hydrogens is 338 g/mol. The fourth-order valence-electron chi connectivity index (χ4n) is 3.93. The van der Waals surface area contributed by atoms with E-state index in [1.165, 1.54) is 11.1 Å². The summed E-state index contributed by atoms with van der Waals surface area (Å²) >= 11 is 0. The Hall–Kier alpha value is -2.53. The first-order valence-electron chi connectivity index (χ1n) is 9.72. The van der Waals surface area contributed by atoms with Crippen molar-refractivity contribution in [3.63, 3.8) is 0 Å². The lowest BCUT2D eigenvalue weighted by molar-refractivity contribution is 0.0633. The molecule has 0 radical (unpaired) electrons. The largest absolute Gasteiger partial charge is 0.460 e. The number of aromatic nitrogens is 1. The van der Waals surface area contributed by atoms with Crippen LogP contribution in [0.15, 0.2) is 40.8 Å². The summed E-state index contributed by atoms with van der Waals surface area (Å²) < 4.78 is 7.93. The number of aryl methyl sites for hydroxylation is 2. The summed E-state index contributed by atoms with van der Waals surface area (Å²) in [5.74, 6) is 0.969. The van der Waals surface area contributed by atoms with E-state index in [4.69, 9.17) is 4.42 Å². The van der Waals surface area contributed by atoms with Crippen LogP contribution in [-0.2, 0) is 6.54 Å². The molecule has 4 rings (SSSR count). The smallest absolute Gasteiger partial charge is 0.270 e. The molecule has 3 heterocycles. The molecule has 142 valence electrons. The molecule has 1 fully saturated rings. The van der Waals surface area contributed by atoms with E-state index in [0.29, 0.717) is 6.54 Å². The number of hydrogen-bond acceptors (Lipinski definition) is 3. The van der Waals surface area contributed by atoms with Crippen molar-refractivity contribution in [1.29, 1.82) is 0 Å². The van der Waals surface area contributed by atoms with Gasteiger partial charge in [-0.05, 0) is 26.0 Å². The third-order valence-electron chi connectivity index (χ3n) is 5.46. The van der Waals surface area contributed by atoms with E-state index < -0.39 is 0 Å². The van der Waals surface area contributed by atoms with Gasteiger partial charge in [-0.3, -0.25) is 4.79 Å². The molecule has 0 spiro atoms. The minimum atomic E-state index is 0.0995. The molecule has 1 amide bonds. The third kappa shape index (κ3) is 3.52. The number of amides is 1. The Morgan fingerprint density at radius 2 is 1.85 bits per heavy atom. The van der Waals surface area contributed by atoms with Crippen molar-refractivity contribution in [2.45, 2.75) is 27.3 Å². The van der Waals surface area contributed by atoms with Gasteiger partial charge < -0.3 is 18.8 Å². The number of nitrogens with zero attached hydrogens (tertiary/aromatic N) is 3. The van der Waals surface area contributed by atoms with Gasteiger partial charge in [0.2, 0.25) is 0 Å². The summed E-state index contributed by atoms with van der Waals surface area (Å²) in [4.78, 5) is 17.6. The zero-order chi connectivity index (χ0) is 19.0. The fourth-order valence-corrected chi connectivity index (χ4v) is 3.93. The van der Waals surface area contributed by atoms with Gasteiger partial charge in [0.25, 0.3) is 5.91 Å². The SMILES string of the molecule is CCN1CCN(C(=O)c2cc3oc(C)cc3n2Cc2cccc(C)c2)CC1. The normalized spacial score (nSPS) is 15.6. The van der Waals surface area contributed by atoms with Crippen molar-refractivity contribution in [3.05, 3.63) is 59.0 Å². The summed E-state index contributed by atoms with van der Waals surface area (Å²) in [6, 6.07) is 12.4. The lowest BCUT2D eigenvalue weighted by Crippen LogP contribution is -2.48. The molecule has 2 aromatic heterocycles. The molecule has 5 nitrogen and oxygen atoms in total. The third-order valence-corrected chi connectivity index (χ3v) is 5.46. The molecule has 1 aliphatic heterocycles. The van der Waals surface area contributed by atoms with Crippen LogP contribution in [-0.4, -0.2) is 53.0 Å². The number of likely N-dealkylation sites (N-methyl/N-ethyl adjacent to an activating group) is 1. The Morgan fingerprint density at radius 1 is 1.07 bits per heavy atom. The average Bonchev–Trinajstić information content (AvgIpc) is 3.18. The first-order valence-corrected chi connectivity index (χ1v) is 9.72. The Morgan fingerprint density at radius 3 is 2.56 bits per heavy atom. The van der Waals surface area contributed by atoms with Crippen molar-refractivity contribution in [2.75, 3.05) is 32.7 Å². The summed E-state index contributed by atoms with van der Waals surface area (Å²) in [7, 11) is 0. The molecule has 5 heteroatoms. The maximum Gasteiger partial charge on any atom is 0.270 e. The standard InChI is InChI=1S/C22H27N3O2/c1-4-23-8-10-24(11-9-23)22(26)20-14-21-19(13-17(3)27-21)25(20)15-18-7-5-6-16(2)12-18/h5-7,12-14H,4,8-11,15H2,1-3H3. The van der Waals surface area contributed by atoms with E-state index in [9.17, 15) is 4.79 Å². The van der Waals surface area contributed by atoms with Gasteiger partial charge in [0.05, 0.1) is 5.52 Å². The van der Waals surface area contributed by atoms with E-state index >= 15 is 0 Å². The van der Waals surface area contributed by atoms with Crippen LogP contribution in [0.25, 0.3) is 11.1 Å². The summed E-state index contributed by atoms with van der Waals surface area (Å²) in [5.41, 5.74) is 4.91. The second kappa shape index (κ2) is 7.24. The molecule has 0 saturated carbocycles. The molecule has 0 aliphatic carbocycles. The van der Waals surface area contributed by atoms with Gasteiger partial charge in [0.15, 0.2) is 5.58 Å². The second-order valence-electron chi connectivity index (χ2n) is 7.44. The molecule has 1 aromatic carbocycles. The molecule has 0 unspecified atom stereocenters. The van der Waals surface area contributed by atoms with Gasteiger partial charge in [0, 0.05) is 44.9 Å². The minimum absolute atomic E-state index is 0.0995. The van der Waals surface area contributed by atoms with Gasteiger partial charge >= 0.3 is 0 Å². The number of rotatable bonds is 4. The lowest BCUT2D eigenvalue weighted by Gasteiger charge is -2.34. The number of carbonyl (C=O) groups is 1. The molecule has 0 bridgehead atoms. The van der Waals surface area contributed by atoms with Crippen LogP contribution >= 0.6 is 0 Å². The van der Waals surface area contributed by atoms with Crippen LogP contribution in [0.5, 0.6) is 0 Å². The first-order chi connectivity index (χ1) is 13.0. The van der Waals surface area contributed by atoms with Gasteiger partial charge in [0.1, 0.15) is 11.5 Å². The molecule has 0 N–H and O–H groups in total. The maximum absolute atomic E-state index is 13.3. The van der Waals surface area contributed by atoms with Crippen molar-refractivity contribution in [1.82, 2.24) is 14.4 Å². The van der Waals surface area contributed by atoms with Gasteiger partial charge in [-0.1, -0.05) is 36.8 Å². The molecule has 1 aliphatic rings. The van der Waals surface area contributed by atoms with Crippen molar-refractivity contribution >= 4 is 17.0 Å². The Balaban J connectivity index is 1.67. The fraction of sp³-hybridized carbons (Fsp3) is 0.409. The zero-order valence-corrected chi connectivity index (χ0v) is 16.4. The number of fused-ring (bicyclic) bond motifs is 1. The van der Waals surface area contributed by atoms with Crippen molar-refractivity contribution in [3.8, 4) is 0 Å². The summed E-state index contributed by atoms with van der Waals surface area (Å²) in [6.45, 7) is 11.4. The Labute approximate surface area is 160 Å². The predicted octanol–water partition coefficient (Wildman–Crippen LogP) is 3.68. The quantitative estimate of drug-likeness (QED) is 0.708. The monoisotopic (exact) mass is 365 g/mol. The number of hydrogen-bond donors (Lipinski definition) is 0. The van der Waals surface area contributed by atoms with Crippen LogP contribution in [0.2, 0.25) is 0 Å². The van der Waals surface area contributed by atoms with Crippen LogP contribution in [0.1, 0.15) is 34.3 Å². The van der Waals surface area contributed by atoms with Gasteiger partial charge in [-0.25, -0.2) is 0 Å². The Bertz CT molecular complexity index is 961. The van der Waals surface area contributed by atoms with Crippen molar-refractivity contribution in [2.24, 2.45) is 0 Å². The minimum Gasteiger partial charge on any atom is -0.460 e. The molecule has 3 aromatic rings. The second-order valence-corrected chi connectivity index (χ2v) is 7.44. The highest BCUT2D eigenvalue weighted by Gasteiger charge is 2.26. The van der Waals surface area contributed by atoms with Crippen LogP contribution in [0, 0.1) is 13.8 Å². The number of furan rings is 1. The van der Waals surface area contributed by atoms with E-state index in [-0.39, 0.29) is 5.91 Å². The van der Waals surface area contributed by atoms with Crippen LogP contribution in [0.3, 0.4) is 0 Å². The highest BCUT2D eigenvalue weighted by Crippen LogP contribution is 2.26. The van der Waals surface area contributed by atoms with Gasteiger partial charge in [-0.2, -0.15) is 0 Å². The lowest BCUT2D eigenvalue weighted by atomic mass is 10.1. The highest BCUT2D eigenvalue weighted by atomic mass is 16.3. The van der Waals surface area contributed by atoms with Crippen LogP contribution < -0.4 is 0 Å². The topological polar surface area (TPSA) is 41.6 Å². The zero-order valence-electron chi connectivity index (χ0n) is 16.4. The van der Waals surface area contributed by atoms with Crippen LogP contribution in [0.4, 0.5) is 0 Å². The van der Waals surface area contributed by atoms with Gasteiger partial charge in [-0.15, -0.1) is 0 Å². The van der Waals surface area contributed by atoms with E-state index in [1.54, 1.807) is 0 Å². The number of carbonyl (C=O) groups excluding carboxylic acids is 1. The summed E-state index contributed by atoms with van der Waals surface area (Å²) in [6.07, 6.45) is 0. The highest BCUT2D eigenvalue weighted by molar-refractivity contribution is 5.97. The molecule has 1 saturated heterocycles. The number of benzene rings is 1. The molecular formula is C22H27N3O2. The molecule has 27 heavy (non-hydrogen) atoms. The summed E-state index contributed by atoms with van der Waals surface area (Å²) in [5, 5.41) is 0. The maximum atomic E-state index is 13.3. The van der Waals surface area contributed by atoms with E-state index in [1.807, 2.05) is 24.0 Å². The van der Waals surface area contributed by atoms with E-state index in [0.717, 1.165) is 55.3 Å². The number of piperazine rings is 1. The molecule has 0 atom stereocenters. The van der Waals surface area contributed by atoms with Crippen molar-refractivity contribution < 1.29 is 9.21 Å². The Kier molecular flexibility index (Phi) is 4.79. The van der Waals surface area contributed by atoms with E-state index in [2.05, 4.69) is 47.6 Å².